The summed E-state index contributed by atoms with van der Waals surface area (Å²) < 4.78 is 0. The maximum atomic E-state index is 11.2. The summed E-state index contributed by atoms with van der Waals surface area (Å²) in [5, 5.41) is 0. The van der Waals surface area contributed by atoms with E-state index in [1.54, 1.807) is 6.92 Å². The molecule has 100 valence electrons. The minimum Gasteiger partial charge on any atom is -0.340 e. The van der Waals surface area contributed by atoms with Crippen LogP contribution in [0.4, 0.5) is 0 Å². The molecular formula is C14H28N2O. The van der Waals surface area contributed by atoms with Crippen molar-refractivity contribution in [3.8, 4) is 0 Å². The lowest BCUT2D eigenvalue weighted by atomic mass is 10.1. The molecule has 0 atom stereocenters. The number of unbranched alkanes of at least 4 members (excludes halogenated alkanes) is 5. The monoisotopic (exact) mass is 240 g/mol. The lowest BCUT2D eigenvalue weighted by Gasteiger charge is -2.34. The highest BCUT2D eigenvalue weighted by Gasteiger charge is 2.17. The van der Waals surface area contributed by atoms with E-state index in [0.29, 0.717) is 0 Å². The summed E-state index contributed by atoms with van der Waals surface area (Å²) in [6.07, 6.45) is 8.19. The summed E-state index contributed by atoms with van der Waals surface area (Å²) in [6, 6.07) is 0. The highest BCUT2D eigenvalue weighted by molar-refractivity contribution is 5.73. The Labute approximate surface area is 106 Å². The van der Waals surface area contributed by atoms with Crippen LogP contribution in [-0.2, 0) is 4.79 Å². The normalized spacial score (nSPS) is 17.4. The molecule has 0 N–H and O–H groups in total. The predicted octanol–water partition coefficient (Wildman–Crippen LogP) is 2.51. The van der Waals surface area contributed by atoms with E-state index in [4.69, 9.17) is 0 Å². The second kappa shape index (κ2) is 8.51. The second-order valence-corrected chi connectivity index (χ2v) is 5.12. The average molecular weight is 240 g/mol. The van der Waals surface area contributed by atoms with Crippen molar-refractivity contribution in [3.05, 3.63) is 0 Å². The van der Waals surface area contributed by atoms with Crippen molar-refractivity contribution in [2.75, 3.05) is 32.7 Å². The Balaban J connectivity index is 1.97. The fourth-order valence-corrected chi connectivity index (χ4v) is 2.40. The Bertz CT molecular complexity index is 210. The van der Waals surface area contributed by atoms with Gasteiger partial charge < -0.3 is 4.90 Å². The number of carbonyl (C=O) groups is 1. The summed E-state index contributed by atoms with van der Waals surface area (Å²) >= 11 is 0. The van der Waals surface area contributed by atoms with E-state index < -0.39 is 0 Å². The lowest BCUT2D eigenvalue weighted by Crippen LogP contribution is -2.48. The van der Waals surface area contributed by atoms with Gasteiger partial charge in [-0.05, 0) is 13.0 Å². The number of carbonyl (C=O) groups excluding carboxylic acids is 1. The van der Waals surface area contributed by atoms with Crippen molar-refractivity contribution >= 4 is 5.91 Å². The maximum absolute atomic E-state index is 11.2. The summed E-state index contributed by atoms with van der Waals surface area (Å²) in [4.78, 5) is 15.6. The van der Waals surface area contributed by atoms with Crippen molar-refractivity contribution in [1.29, 1.82) is 0 Å². The minimum absolute atomic E-state index is 0.226. The highest BCUT2D eigenvalue weighted by Crippen LogP contribution is 2.08. The molecular weight excluding hydrogens is 212 g/mol. The summed E-state index contributed by atoms with van der Waals surface area (Å²) in [5.41, 5.74) is 0. The van der Waals surface area contributed by atoms with Gasteiger partial charge in [0, 0.05) is 33.1 Å². The molecule has 0 bridgehead atoms. The van der Waals surface area contributed by atoms with E-state index in [-0.39, 0.29) is 5.91 Å². The summed E-state index contributed by atoms with van der Waals surface area (Å²) in [7, 11) is 0. The molecule has 0 aromatic carbocycles. The van der Waals surface area contributed by atoms with Gasteiger partial charge in [0.1, 0.15) is 0 Å². The van der Waals surface area contributed by atoms with Crippen molar-refractivity contribution < 1.29 is 4.79 Å². The van der Waals surface area contributed by atoms with E-state index in [0.717, 1.165) is 26.2 Å². The Kier molecular flexibility index (Phi) is 7.25. The third-order valence-electron chi connectivity index (χ3n) is 3.65. The number of nitrogens with zero attached hydrogens (tertiary/aromatic N) is 2. The molecule has 3 heteroatoms. The first kappa shape index (κ1) is 14.5. The van der Waals surface area contributed by atoms with E-state index >= 15 is 0 Å². The molecule has 1 saturated heterocycles. The smallest absolute Gasteiger partial charge is 0.219 e. The van der Waals surface area contributed by atoms with Crippen LogP contribution in [0.1, 0.15) is 52.4 Å². The Morgan fingerprint density at radius 1 is 0.941 bits per heavy atom. The molecule has 3 nitrogen and oxygen atoms in total. The largest absolute Gasteiger partial charge is 0.340 e. The maximum Gasteiger partial charge on any atom is 0.219 e. The van der Waals surface area contributed by atoms with Gasteiger partial charge in [-0.15, -0.1) is 0 Å². The van der Waals surface area contributed by atoms with Crippen LogP contribution in [0.5, 0.6) is 0 Å². The zero-order chi connectivity index (χ0) is 12.5. The first-order valence-corrected chi connectivity index (χ1v) is 7.22. The predicted molar refractivity (Wildman–Crippen MR) is 72.1 cm³/mol. The fraction of sp³-hybridized carbons (Fsp3) is 0.929. The molecule has 1 aliphatic heterocycles. The lowest BCUT2D eigenvalue weighted by molar-refractivity contribution is -0.130. The molecule has 0 aromatic heterocycles. The summed E-state index contributed by atoms with van der Waals surface area (Å²) in [6.45, 7) is 9.12. The van der Waals surface area contributed by atoms with Gasteiger partial charge in [-0.2, -0.15) is 0 Å². The van der Waals surface area contributed by atoms with Crippen molar-refractivity contribution in [2.45, 2.75) is 52.4 Å². The molecule has 1 amide bonds. The fourth-order valence-electron chi connectivity index (χ4n) is 2.40. The van der Waals surface area contributed by atoms with E-state index in [9.17, 15) is 4.79 Å². The van der Waals surface area contributed by atoms with Crippen LogP contribution >= 0.6 is 0 Å². The van der Waals surface area contributed by atoms with Crippen LogP contribution in [0.15, 0.2) is 0 Å². The van der Waals surface area contributed by atoms with Crippen LogP contribution in [0, 0.1) is 0 Å². The average Bonchev–Trinajstić information content (AvgIpc) is 2.34. The number of hydrogen-bond acceptors (Lipinski definition) is 2. The molecule has 0 aromatic rings. The van der Waals surface area contributed by atoms with Gasteiger partial charge >= 0.3 is 0 Å². The van der Waals surface area contributed by atoms with Gasteiger partial charge in [0.15, 0.2) is 0 Å². The molecule has 1 heterocycles. The molecule has 1 fully saturated rings. The van der Waals surface area contributed by atoms with Crippen molar-refractivity contribution in [1.82, 2.24) is 9.80 Å². The third-order valence-corrected chi connectivity index (χ3v) is 3.65. The van der Waals surface area contributed by atoms with Gasteiger partial charge in [0.2, 0.25) is 5.91 Å². The van der Waals surface area contributed by atoms with Gasteiger partial charge in [0.05, 0.1) is 0 Å². The number of piperazine rings is 1. The van der Waals surface area contributed by atoms with E-state index in [1.165, 1.54) is 45.1 Å². The zero-order valence-corrected chi connectivity index (χ0v) is 11.6. The molecule has 0 radical (unpaired) electrons. The molecule has 1 aliphatic rings. The molecule has 0 unspecified atom stereocenters. The third kappa shape index (κ3) is 6.06. The second-order valence-electron chi connectivity index (χ2n) is 5.12. The van der Waals surface area contributed by atoms with Gasteiger partial charge in [-0.1, -0.05) is 39.0 Å². The van der Waals surface area contributed by atoms with Crippen LogP contribution < -0.4 is 0 Å². The zero-order valence-electron chi connectivity index (χ0n) is 11.6. The molecule has 0 aliphatic carbocycles. The topological polar surface area (TPSA) is 23.6 Å². The first-order chi connectivity index (χ1) is 8.24. The Morgan fingerprint density at radius 2 is 1.53 bits per heavy atom. The van der Waals surface area contributed by atoms with E-state index in [2.05, 4.69) is 11.8 Å². The van der Waals surface area contributed by atoms with Crippen LogP contribution in [0.25, 0.3) is 0 Å². The van der Waals surface area contributed by atoms with Crippen LogP contribution in [-0.4, -0.2) is 48.4 Å². The summed E-state index contributed by atoms with van der Waals surface area (Å²) in [5.74, 6) is 0.226. The van der Waals surface area contributed by atoms with Crippen LogP contribution in [0.2, 0.25) is 0 Å². The number of hydrogen-bond donors (Lipinski definition) is 0. The van der Waals surface area contributed by atoms with E-state index in [1.807, 2.05) is 4.90 Å². The van der Waals surface area contributed by atoms with Crippen molar-refractivity contribution in [3.63, 3.8) is 0 Å². The molecule has 0 saturated carbocycles. The van der Waals surface area contributed by atoms with Gasteiger partial charge in [-0.25, -0.2) is 0 Å². The van der Waals surface area contributed by atoms with Gasteiger partial charge in [-0.3, -0.25) is 9.69 Å². The van der Waals surface area contributed by atoms with Gasteiger partial charge in [0.25, 0.3) is 0 Å². The number of rotatable bonds is 7. The minimum atomic E-state index is 0.226. The quantitative estimate of drug-likeness (QED) is 0.638. The standard InChI is InChI=1S/C14H28N2O/c1-3-4-5-6-7-8-9-15-10-12-16(13-11-15)14(2)17/h3-13H2,1-2H3. The first-order valence-electron chi connectivity index (χ1n) is 7.22. The Morgan fingerprint density at radius 3 is 2.12 bits per heavy atom. The van der Waals surface area contributed by atoms with Crippen molar-refractivity contribution in [2.24, 2.45) is 0 Å². The number of amides is 1. The molecule has 1 rings (SSSR count). The van der Waals surface area contributed by atoms with Crippen LogP contribution in [0.3, 0.4) is 0 Å². The highest BCUT2D eigenvalue weighted by atomic mass is 16.2. The molecule has 17 heavy (non-hydrogen) atoms. The Hall–Kier alpha value is -0.570. The SMILES string of the molecule is CCCCCCCCN1CCN(C(C)=O)CC1. The molecule has 0 spiro atoms.